The van der Waals surface area contributed by atoms with Crippen molar-refractivity contribution in [2.24, 2.45) is 0 Å². The molecule has 0 unspecified atom stereocenters. The monoisotopic (exact) mass is 395 g/mol. The smallest absolute Gasteiger partial charge is 0.306 e. The van der Waals surface area contributed by atoms with Crippen molar-refractivity contribution in [2.75, 3.05) is 18.5 Å². The van der Waals surface area contributed by atoms with Crippen LogP contribution in [0.4, 0.5) is 5.69 Å². The van der Waals surface area contributed by atoms with E-state index in [1.807, 2.05) is 25.1 Å². The quantitative estimate of drug-likeness (QED) is 0.522. The third-order valence-electron chi connectivity index (χ3n) is 3.46. The van der Waals surface area contributed by atoms with Crippen LogP contribution in [0.2, 0.25) is 10.0 Å². The first-order valence-electron chi connectivity index (χ1n) is 8.04. The molecule has 2 aromatic rings. The highest BCUT2D eigenvalue weighted by atomic mass is 35.5. The first-order valence-corrected chi connectivity index (χ1v) is 8.80. The number of aryl methyl sites for hydroxylation is 1. The van der Waals surface area contributed by atoms with Crippen molar-refractivity contribution in [3.63, 3.8) is 0 Å². The van der Waals surface area contributed by atoms with Gasteiger partial charge < -0.3 is 14.8 Å². The van der Waals surface area contributed by atoms with Gasteiger partial charge in [0.15, 0.2) is 6.61 Å². The SMILES string of the molecule is Cc1ccccc1NC(=O)COC(=O)CCCOc1ccc(Cl)cc1Cl. The van der Waals surface area contributed by atoms with Crippen LogP contribution in [0.3, 0.4) is 0 Å². The highest BCUT2D eigenvalue weighted by Gasteiger charge is 2.09. The molecule has 138 valence electrons. The van der Waals surface area contributed by atoms with Crippen LogP contribution in [0.15, 0.2) is 42.5 Å². The Morgan fingerprint density at radius 1 is 1.12 bits per heavy atom. The van der Waals surface area contributed by atoms with E-state index in [0.29, 0.717) is 34.5 Å². The molecule has 1 N–H and O–H groups in total. The maximum Gasteiger partial charge on any atom is 0.306 e. The summed E-state index contributed by atoms with van der Waals surface area (Å²) in [5.41, 5.74) is 1.63. The van der Waals surface area contributed by atoms with Crippen molar-refractivity contribution in [3.8, 4) is 5.75 Å². The number of hydrogen-bond acceptors (Lipinski definition) is 4. The highest BCUT2D eigenvalue weighted by Crippen LogP contribution is 2.27. The van der Waals surface area contributed by atoms with E-state index < -0.39 is 5.97 Å². The van der Waals surface area contributed by atoms with E-state index in [1.165, 1.54) is 0 Å². The molecule has 1 amide bonds. The van der Waals surface area contributed by atoms with Crippen molar-refractivity contribution in [1.29, 1.82) is 0 Å². The summed E-state index contributed by atoms with van der Waals surface area (Å²) in [4.78, 5) is 23.5. The lowest BCUT2D eigenvalue weighted by Gasteiger charge is -2.09. The zero-order valence-electron chi connectivity index (χ0n) is 14.3. The van der Waals surface area contributed by atoms with Crippen LogP contribution in [0.5, 0.6) is 5.75 Å². The molecule has 7 heteroatoms. The fourth-order valence-electron chi connectivity index (χ4n) is 2.11. The predicted octanol–water partition coefficient (Wildman–Crippen LogP) is 4.64. The highest BCUT2D eigenvalue weighted by molar-refractivity contribution is 6.35. The van der Waals surface area contributed by atoms with E-state index >= 15 is 0 Å². The van der Waals surface area contributed by atoms with Crippen LogP contribution in [-0.4, -0.2) is 25.1 Å². The molecule has 0 saturated heterocycles. The molecule has 0 spiro atoms. The number of halogens is 2. The van der Waals surface area contributed by atoms with Gasteiger partial charge in [0.25, 0.3) is 5.91 Å². The Bertz CT molecular complexity index is 780. The van der Waals surface area contributed by atoms with E-state index in [2.05, 4.69) is 5.32 Å². The minimum Gasteiger partial charge on any atom is -0.492 e. The number of hydrogen-bond donors (Lipinski definition) is 1. The molecule has 0 saturated carbocycles. The van der Waals surface area contributed by atoms with Gasteiger partial charge in [-0.25, -0.2) is 0 Å². The molecule has 0 aliphatic heterocycles. The number of carbonyl (C=O) groups is 2. The first kappa shape index (κ1) is 20.1. The van der Waals surface area contributed by atoms with Crippen molar-refractivity contribution in [1.82, 2.24) is 0 Å². The first-order chi connectivity index (χ1) is 12.5. The molecule has 0 bridgehead atoms. The Balaban J connectivity index is 1.64. The van der Waals surface area contributed by atoms with Crippen molar-refractivity contribution in [3.05, 3.63) is 58.1 Å². The van der Waals surface area contributed by atoms with Crippen LogP contribution < -0.4 is 10.1 Å². The summed E-state index contributed by atoms with van der Waals surface area (Å²) >= 11 is 11.8. The van der Waals surface area contributed by atoms with Crippen LogP contribution in [0.1, 0.15) is 18.4 Å². The third-order valence-corrected chi connectivity index (χ3v) is 3.99. The lowest BCUT2D eigenvalue weighted by molar-refractivity contribution is -0.147. The van der Waals surface area contributed by atoms with Crippen LogP contribution in [0, 0.1) is 6.92 Å². The second kappa shape index (κ2) is 10.0. The summed E-state index contributed by atoms with van der Waals surface area (Å²) in [5, 5.41) is 3.63. The van der Waals surface area contributed by atoms with E-state index in [1.54, 1.807) is 24.3 Å². The average Bonchev–Trinajstić information content (AvgIpc) is 2.60. The third kappa shape index (κ3) is 6.58. The van der Waals surface area contributed by atoms with Crippen molar-refractivity contribution in [2.45, 2.75) is 19.8 Å². The normalized spacial score (nSPS) is 10.3. The fraction of sp³-hybridized carbons (Fsp3) is 0.263. The molecule has 2 aromatic carbocycles. The number of benzene rings is 2. The second-order valence-corrected chi connectivity index (χ2v) is 6.39. The van der Waals surface area contributed by atoms with E-state index in [0.717, 1.165) is 5.56 Å². The number of carbonyl (C=O) groups excluding carboxylic acids is 2. The van der Waals surface area contributed by atoms with Gasteiger partial charge in [-0.3, -0.25) is 9.59 Å². The van der Waals surface area contributed by atoms with E-state index in [9.17, 15) is 9.59 Å². The van der Waals surface area contributed by atoms with Gasteiger partial charge in [-0.2, -0.15) is 0 Å². The summed E-state index contributed by atoms with van der Waals surface area (Å²) < 4.78 is 10.4. The average molecular weight is 396 g/mol. The number of anilines is 1. The summed E-state index contributed by atoms with van der Waals surface area (Å²) in [7, 11) is 0. The molecular weight excluding hydrogens is 377 g/mol. The van der Waals surface area contributed by atoms with Gasteiger partial charge in [0.05, 0.1) is 11.6 Å². The second-order valence-electron chi connectivity index (χ2n) is 5.55. The molecule has 2 rings (SSSR count). The molecule has 5 nitrogen and oxygen atoms in total. The Morgan fingerprint density at radius 3 is 2.62 bits per heavy atom. The van der Waals surface area contributed by atoms with Gasteiger partial charge >= 0.3 is 5.97 Å². The molecule has 0 aliphatic carbocycles. The number of amides is 1. The summed E-state index contributed by atoms with van der Waals surface area (Å²) in [5.74, 6) is -0.338. The minimum absolute atomic E-state index is 0.142. The number of para-hydroxylation sites is 1. The summed E-state index contributed by atoms with van der Waals surface area (Å²) in [6.07, 6.45) is 0.583. The van der Waals surface area contributed by atoms with Crippen molar-refractivity contribution >= 4 is 40.8 Å². The van der Waals surface area contributed by atoms with E-state index in [-0.39, 0.29) is 18.9 Å². The molecular formula is C19H19Cl2NO4. The van der Waals surface area contributed by atoms with Gasteiger partial charge in [-0.15, -0.1) is 0 Å². The van der Waals surface area contributed by atoms with Gasteiger partial charge in [0.1, 0.15) is 5.75 Å². The number of rotatable bonds is 8. The Kier molecular flexibility index (Phi) is 7.75. The molecule has 0 heterocycles. The number of ether oxygens (including phenoxy) is 2. The molecule has 0 fully saturated rings. The largest absolute Gasteiger partial charge is 0.492 e. The standard InChI is InChI=1S/C19H19Cl2NO4/c1-13-5-2-3-6-16(13)22-18(23)12-26-19(24)7-4-10-25-17-9-8-14(20)11-15(17)21/h2-3,5-6,8-9,11H,4,7,10,12H2,1H3,(H,22,23). The van der Waals surface area contributed by atoms with Gasteiger partial charge in [-0.1, -0.05) is 41.4 Å². The van der Waals surface area contributed by atoms with Gasteiger partial charge in [0, 0.05) is 17.1 Å². The topological polar surface area (TPSA) is 64.6 Å². The van der Waals surface area contributed by atoms with Crippen molar-refractivity contribution < 1.29 is 19.1 Å². The van der Waals surface area contributed by atoms with Crippen LogP contribution in [-0.2, 0) is 14.3 Å². The van der Waals surface area contributed by atoms with Gasteiger partial charge in [-0.05, 0) is 43.2 Å². The Hall–Kier alpha value is -2.24. The molecule has 0 aliphatic rings. The minimum atomic E-state index is -0.462. The molecule has 0 aromatic heterocycles. The number of esters is 1. The number of nitrogens with one attached hydrogen (secondary N) is 1. The lowest BCUT2D eigenvalue weighted by atomic mass is 10.2. The predicted molar refractivity (Wildman–Crippen MR) is 102 cm³/mol. The molecule has 0 radical (unpaired) electrons. The lowest BCUT2D eigenvalue weighted by Crippen LogP contribution is -2.21. The maximum absolute atomic E-state index is 11.8. The maximum atomic E-state index is 11.8. The fourth-order valence-corrected chi connectivity index (χ4v) is 2.57. The zero-order chi connectivity index (χ0) is 18.9. The van der Waals surface area contributed by atoms with Crippen LogP contribution in [0.25, 0.3) is 0 Å². The van der Waals surface area contributed by atoms with Gasteiger partial charge in [0.2, 0.25) is 0 Å². The summed E-state index contributed by atoms with van der Waals surface area (Å²) in [6, 6.07) is 12.3. The Morgan fingerprint density at radius 2 is 1.88 bits per heavy atom. The molecule has 0 atom stereocenters. The van der Waals surface area contributed by atoms with E-state index in [4.69, 9.17) is 32.7 Å². The summed E-state index contributed by atoms with van der Waals surface area (Å²) in [6.45, 7) is 1.86. The molecule has 26 heavy (non-hydrogen) atoms. The zero-order valence-corrected chi connectivity index (χ0v) is 15.8. The Labute approximate surface area is 162 Å². The van der Waals surface area contributed by atoms with Crippen LogP contribution >= 0.6 is 23.2 Å².